The lowest BCUT2D eigenvalue weighted by atomic mass is 10.0. The molecular weight excluding hydrogens is 256 g/mol. The molecule has 0 saturated heterocycles. The van der Waals surface area contributed by atoms with Gasteiger partial charge >= 0.3 is 0 Å². The normalized spacial score (nSPS) is 10.8. The summed E-state index contributed by atoms with van der Waals surface area (Å²) in [5, 5.41) is 0. The summed E-state index contributed by atoms with van der Waals surface area (Å²) in [7, 11) is 0. The molecular formula is C17H19ClO. The second-order valence-corrected chi connectivity index (χ2v) is 5.29. The highest BCUT2D eigenvalue weighted by Gasteiger charge is 2.08. The smallest absolute Gasteiger partial charge is 0.131 e. The summed E-state index contributed by atoms with van der Waals surface area (Å²) < 4.78 is 6.04. The molecule has 0 aromatic heterocycles. The number of hydrogen-bond donors (Lipinski definition) is 0. The van der Waals surface area contributed by atoms with Gasteiger partial charge in [0.2, 0.25) is 0 Å². The van der Waals surface area contributed by atoms with Crippen molar-refractivity contribution in [1.29, 1.82) is 0 Å². The maximum absolute atomic E-state index is 6.04. The number of para-hydroxylation sites is 1. The van der Waals surface area contributed by atoms with Crippen molar-refractivity contribution in [2.24, 2.45) is 0 Å². The van der Waals surface area contributed by atoms with Crippen LogP contribution in [0.3, 0.4) is 0 Å². The molecule has 0 bridgehead atoms. The van der Waals surface area contributed by atoms with Gasteiger partial charge in [0.1, 0.15) is 11.5 Å². The van der Waals surface area contributed by atoms with Crippen molar-refractivity contribution < 1.29 is 4.74 Å². The molecule has 2 rings (SSSR count). The van der Waals surface area contributed by atoms with Crippen LogP contribution in [-0.2, 0) is 5.88 Å². The molecule has 0 heterocycles. The lowest BCUT2D eigenvalue weighted by Gasteiger charge is -2.14. The van der Waals surface area contributed by atoms with E-state index in [4.69, 9.17) is 16.3 Å². The van der Waals surface area contributed by atoms with Crippen LogP contribution in [0.1, 0.15) is 36.5 Å². The molecule has 0 radical (unpaired) electrons. The van der Waals surface area contributed by atoms with Gasteiger partial charge in [0.25, 0.3) is 0 Å². The summed E-state index contributed by atoms with van der Waals surface area (Å²) in [5.74, 6) is 2.69. The van der Waals surface area contributed by atoms with Crippen LogP contribution < -0.4 is 4.74 Å². The van der Waals surface area contributed by atoms with Crippen molar-refractivity contribution in [2.75, 3.05) is 0 Å². The van der Waals surface area contributed by atoms with Crippen molar-refractivity contribution >= 4 is 11.6 Å². The summed E-state index contributed by atoms with van der Waals surface area (Å²) >= 11 is 5.94. The summed E-state index contributed by atoms with van der Waals surface area (Å²) in [6.07, 6.45) is 0. The monoisotopic (exact) mass is 274 g/mol. The van der Waals surface area contributed by atoms with Gasteiger partial charge in [0, 0.05) is 5.56 Å². The van der Waals surface area contributed by atoms with Crippen molar-refractivity contribution in [1.82, 2.24) is 0 Å². The number of rotatable bonds is 4. The van der Waals surface area contributed by atoms with Gasteiger partial charge in [-0.05, 0) is 36.1 Å². The van der Waals surface area contributed by atoms with Gasteiger partial charge in [-0.15, -0.1) is 11.6 Å². The Balaban J connectivity index is 2.34. The standard InChI is InChI=1S/C17H19ClO/c1-12(2)14-9-8-13(3)17(10-14)19-16-7-5-4-6-15(16)11-18/h4-10,12H,11H2,1-3H3. The minimum Gasteiger partial charge on any atom is -0.457 e. The molecule has 0 amide bonds. The van der Waals surface area contributed by atoms with E-state index in [2.05, 4.69) is 39.0 Å². The summed E-state index contributed by atoms with van der Waals surface area (Å²) in [5.41, 5.74) is 3.43. The fourth-order valence-corrected chi connectivity index (χ4v) is 2.14. The van der Waals surface area contributed by atoms with E-state index in [0.29, 0.717) is 11.8 Å². The number of halogens is 1. The van der Waals surface area contributed by atoms with Crippen LogP contribution in [0.15, 0.2) is 42.5 Å². The number of alkyl halides is 1. The minimum atomic E-state index is 0.457. The fraction of sp³-hybridized carbons (Fsp3) is 0.294. The van der Waals surface area contributed by atoms with E-state index in [9.17, 15) is 0 Å². The molecule has 0 aliphatic rings. The molecule has 0 aliphatic heterocycles. The van der Waals surface area contributed by atoms with Crippen LogP contribution in [-0.4, -0.2) is 0 Å². The van der Waals surface area contributed by atoms with E-state index in [0.717, 1.165) is 22.6 Å². The Morgan fingerprint density at radius 2 is 1.79 bits per heavy atom. The summed E-state index contributed by atoms with van der Waals surface area (Å²) in [6.45, 7) is 6.42. The Kier molecular flexibility index (Phi) is 4.49. The average molecular weight is 275 g/mol. The third-order valence-electron chi connectivity index (χ3n) is 3.22. The zero-order valence-electron chi connectivity index (χ0n) is 11.6. The highest BCUT2D eigenvalue weighted by molar-refractivity contribution is 6.17. The molecule has 2 aromatic rings. The van der Waals surface area contributed by atoms with Crippen LogP contribution in [0.4, 0.5) is 0 Å². The predicted molar refractivity (Wildman–Crippen MR) is 81.3 cm³/mol. The number of ether oxygens (including phenoxy) is 1. The molecule has 0 atom stereocenters. The predicted octanol–water partition coefficient (Wildman–Crippen LogP) is 5.65. The lowest BCUT2D eigenvalue weighted by Crippen LogP contribution is -1.94. The zero-order valence-corrected chi connectivity index (χ0v) is 12.4. The van der Waals surface area contributed by atoms with Gasteiger partial charge in [-0.2, -0.15) is 0 Å². The van der Waals surface area contributed by atoms with Crippen molar-refractivity contribution in [2.45, 2.75) is 32.6 Å². The number of benzene rings is 2. The maximum atomic E-state index is 6.04. The molecule has 19 heavy (non-hydrogen) atoms. The Hall–Kier alpha value is -1.47. The largest absolute Gasteiger partial charge is 0.457 e. The molecule has 0 spiro atoms. The zero-order chi connectivity index (χ0) is 13.8. The minimum absolute atomic E-state index is 0.457. The fourth-order valence-electron chi connectivity index (χ4n) is 1.92. The quantitative estimate of drug-likeness (QED) is 0.655. The first kappa shape index (κ1) is 14.0. The van der Waals surface area contributed by atoms with E-state index < -0.39 is 0 Å². The molecule has 0 N–H and O–H groups in total. The molecule has 1 nitrogen and oxygen atoms in total. The maximum Gasteiger partial charge on any atom is 0.131 e. The van der Waals surface area contributed by atoms with Crippen molar-refractivity contribution in [3.05, 3.63) is 59.2 Å². The molecule has 2 aromatic carbocycles. The molecule has 0 unspecified atom stereocenters. The van der Waals surface area contributed by atoms with E-state index in [-0.39, 0.29) is 0 Å². The van der Waals surface area contributed by atoms with E-state index in [1.807, 2.05) is 24.3 Å². The number of hydrogen-bond acceptors (Lipinski definition) is 1. The van der Waals surface area contributed by atoms with Gasteiger partial charge in [0.15, 0.2) is 0 Å². The van der Waals surface area contributed by atoms with Gasteiger partial charge in [-0.25, -0.2) is 0 Å². The summed E-state index contributed by atoms with van der Waals surface area (Å²) in [4.78, 5) is 0. The third kappa shape index (κ3) is 3.30. The SMILES string of the molecule is Cc1ccc(C(C)C)cc1Oc1ccccc1CCl. The van der Waals surface area contributed by atoms with Gasteiger partial charge in [-0.1, -0.05) is 44.2 Å². The van der Waals surface area contributed by atoms with E-state index in [1.165, 1.54) is 5.56 Å². The topological polar surface area (TPSA) is 9.23 Å². The Labute approximate surface area is 120 Å². The van der Waals surface area contributed by atoms with Crippen molar-refractivity contribution in [3.8, 4) is 11.5 Å². The molecule has 0 fully saturated rings. The van der Waals surface area contributed by atoms with Crippen LogP contribution in [0.25, 0.3) is 0 Å². The molecule has 2 heteroatoms. The highest BCUT2D eigenvalue weighted by atomic mass is 35.5. The molecule has 100 valence electrons. The second kappa shape index (κ2) is 6.12. The average Bonchev–Trinajstić information content (AvgIpc) is 2.41. The first-order valence-electron chi connectivity index (χ1n) is 6.54. The Bertz CT molecular complexity index is 561. The van der Waals surface area contributed by atoms with Crippen LogP contribution >= 0.6 is 11.6 Å². The molecule has 0 aliphatic carbocycles. The highest BCUT2D eigenvalue weighted by Crippen LogP contribution is 2.31. The number of aryl methyl sites for hydroxylation is 1. The first-order chi connectivity index (χ1) is 9.11. The van der Waals surface area contributed by atoms with Gasteiger partial charge in [0.05, 0.1) is 5.88 Å². The summed E-state index contributed by atoms with van der Waals surface area (Å²) in [6, 6.07) is 14.3. The molecule has 0 saturated carbocycles. The Morgan fingerprint density at radius 1 is 1.05 bits per heavy atom. The van der Waals surface area contributed by atoms with Crippen LogP contribution in [0, 0.1) is 6.92 Å². The van der Waals surface area contributed by atoms with Crippen LogP contribution in [0.2, 0.25) is 0 Å². The van der Waals surface area contributed by atoms with Crippen LogP contribution in [0.5, 0.6) is 11.5 Å². The van der Waals surface area contributed by atoms with Crippen molar-refractivity contribution in [3.63, 3.8) is 0 Å². The second-order valence-electron chi connectivity index (χ2n) is 5.02. The third-order valence-corrected chi connectivity index (χ3v) is 3.50. The lowest BCUT2D eigenvalue weighted by molar-refractivity contribution is 0.473. The van der Waals surface area contributed by atoms with Gasteiger partial charge in [-0.3, -0.25) is 0 Å². The van der Waals surface area contributed by atoms with E-state index in [1.54, 1.807) is 0 Å². The first-order valence-corrected chi connectivity index (χ1v) is 7.07. The Morgan fingerprint density at radius 3 is 2.47 bits per heavy atom. The van der Waals surface area contributed by atoms with Gasteiger partial charge < -0.3 is 4.74 Å². The van der Waals surface area contributed by atoms with E-state index >= 15 is 0 Å².